The largest absolute Gasteiger partial charge is 0.460 e. The van der Waals surface area contributed by atoms with E-state index in [0.29, 0.717) is 6.42 Å². The fraction of sp³-hybridized carbons (Fsp3) is 0.304. The Morgan fingerprint density at radius 1 is 0.926 bits per heavy atom. The zero-order valence-electron chi connectivity index (χ0n) is 15.5. The van der Waals surface area contributed by atoms with Crippen molar-refractivity contribution >= 4 is 11.9 Å². The van der Waals surface area contributed by atoms with Crippen LogP contribution in [0.1, 0.15) is 30.9 Å². The zero-order chi connectivity index (χ0) is 19.3. The summed E-state index contributed by atoms with van der Waals surface area (Å²) in [5.74, 6) is -0.997. The van der Waals surface area contributed by atoms with Crippen LogP contribution in [0.2, 0.25) is 0 Å². The van der Waals surface area contributed by atoms with Gasteiger partial charge in [0.15, 0.2) is 5.41 Å². The summed E-state index contributed by atoms with van der Waals surface area (Å²) < 4.78 is 11.0. The maximum absolute atomic E-state index is 12.9. The van der Waals surface area contributed by atoms with Gasteiger partial charge in [-0.15, -0.1) is 0 Å². The Morgan fingerprint density at radius 3 is 1.74 bits per heavy atom. The van der Waals surface area contributed by atoms with E-state index in [1.165, 1.54) is 0 Å². The lowest BCUT2D eigenvalue weighted by molar-refractivity contribution is -0.174. The highest BCUT2D eigenvalue weighted by molar-refractivity contribution is 6.01. The maximum atomic E-state index is 12.9. The third-order valence-electron chi connectivity index (χ3n) is 5.09. The zero-order valence-corrected chi connectivity index (χ0v) is 15.5. The van der Waals surface area contributed by atoms with Gasteiger partial charge in [-0.05, 0) is 29.9 Å². The molecule has 4 nitrogen and oxygen atoms in total. The van der Waals surface area contributed by atoms with Crippen LogP contribution in [0, 0.1) is 11.3 Å². The Bertz CT molecular complexity index is 755. The number of esters is 2. The Balaban J connectivity index is 1.72. The highest BCUT2D eigenvalue weighted by Gasteiger charge is 2.54. The van der Waals surface area contributed by atoms with Crippen LogP contribution in [0.25, 0.3) is 0 Å². The van der Waals surface area contributed by atoms with Crippen LogP contribution in [0.5, 0.6) is 0 Å². The van der Waals surface area contributed by atoms with Gasteiger partial charge in [-0.3, -0.25) is 9.59 Å². The molecule has 27 heavy (non-hydrogen) atoms. The molecule has 0 amide bonds. The molecule has 140 valence electrons. The van der Waals surface area contributed by atoms with E-state index in [9.17, 15) is 9.59 Å². The normalized spacial score (nSPS) is 18.1. The number of rotatable bonds is 6. The number of carbonyl (C=O) groups excluding carboxylic acids is 2. The molecule has 2 aromatic rings. The Morgan fingerprint density at radius 2 is 1.37 bits per heavy atom. The van der Waals surface area contributed by atoms with Gasteiger partial charge in [-0.2, -0.15) is 0 Å². The lowest BCUT2D eigenvalue weighted by Gasteiger charge is -2.24. The SMILES string of the molecule is C=C1CC(C(=O)OCc2ccccc2)(C(=O)OCc2ccccc2)CC1C. The van der Waals surface area contributed by atoms with Crippen molar-refractivity contribution < 1.29 is 19.1 Å². The van der Waals surface area contributed by atoms with Crippen molar-refractivity contribution in [2.45, 2.75) is 33.0 Å². The van der Waals surface area contributed by atoms with Gasteiger partial charge in [0.2, 0.25) is 0 Å². The predicted molar refractivity (Wildman–Crippen MR) is 102 cm³/mol. The summed E-state index contributed by atoms with van der Waals surface area (Å²) >= 11 is 0. The van der Waals surface area contributed by atoms with Gasteiger partial charge in [0.05, 0.1) is 0 Å². The van der Waals surface area contributed by atoms with Crippen LogP contribution in [0.3, 0.4) is 0 Å². The molecule has 4 heteroatoms. The third-order valence-corrected chi connectivity index (χ3v) is 5.09. The second-order valence-electron chi connectivity index (χ2n) is 7.15. The van der Waals surface area contributed by atoms with Crippen LogP contribution < -0.4 is 0 Å². The van der Waals surface area contributed by atoms with Gasteiger partial charge in [-0.1, -0.05) is 79.7 Å². The molecule has 0 spiro atoms. The summed E-state index contributed by atoms with van der Waals surface area (Å²) in [6.45, 7) is 6.25. The van der Waals surface area contributed by atoms with E-state index < -0.39 is 17.4 Å². The summed E-state index contributed by atoms with van der Waals surface area (Å²) in [6, 6.07) is 18.8. The Hall–Kier alpha value is -2.88. The molecule has 0 heterocycles. The lowest BCUT2D eigenvalue weighted by Crippen LogP contribution is -2.40. The molecule has 3 rings (SSSR count). The topological polar surface area (TPSA) is 52.6 Å². The first-order valence-electron chi connectivity index (χ1n) is 9.11. The van der Waals surface area contributed by atoms with E-state index in [1.807, 2.05) is 67.6 Å². The summed E-state index contributed by atoms with van der Waals surface area (Å²) in [7, 11) is 0. The van der Waals surface area contributed by atoms with Crippen LogP contribution in [0.15, 0.2) is 72.8 Å². The van der Waals surface area contributed by atoms with E-state index in [2.05, 4.69) is 6.58 Å². The molecule has 1 atom stereocenters. The second kappa shape index (κ2) is 8.21. The third kappa shape index (κ3) is 4.27. The number of carbonyl (C=O) groups is 2. The predicted octanol–water partition coefficient (Wildman–Crippen LogP) is 4.45. The summed E-state index contributed by atoms with van der Waals surface area (Å²) in [5, 5.41) is 0. The van der Waals surface area contributed by atoms with E-state index >= 15 is 0 Å². The fourth-order valence-electron chi connectivity index (χ4n) is 3.42. The summed E-state index contributed by atoms with van der Waals surface area (Å²) in [6.07, 6.45) is 0.641. The molecule has 0 bridgehead atoms. The minimum Gasteiger partial charge on any atom is -0.460 e. The molecule has 2 aromatic carbocycles. The van der Waals surface area contributed by atoms with Crippen molar-refractivity contribution in [3.63, 3.8) is 0 Å². The monoisotopic (exact) mass is 364 g/mol. The van der Waals surface area contributed by atoms with Crippen molar-refractivity contribution in [2.75, 3.05) is 0 Å². The van der Waals surface area contributed by atoms with Gasteiger partial charge >= 0.3 is 11.9 Å². The van der Waals surface area contributed by atoms with Gasteiger partial charge in [0.25, 0.3) is 0 Å². The molecule has 1 unspecified atom stereocenters. The number of ether oxygens (including phenoxy) is 2. The molecule has 0 radical (unpaired) electrons. The van der Waals surface area contributed by atoms with Crippen molar-refractivity contribution in [1.29, 1.82) is 0 Å². The van der Waals surface area contributed by atoms with E-state index in [4.69, 9.17) is 9.47 Å². The first kappa shape index (κ1) is 18.9. The van der Waals surface area contributed by atoms with Crippen LogP contribution in [-0.2, 0) is 32.3 Å². The van der Waals surface area contributed by atoms with Gasteiger partial charge in [0.1, 0.15) is 13.2 Å². The van der Waals surface area contributed by atoms with Crippen LogP contribution >= 0.6 is 0 Å². The molecule has 0 aliphatic heterocycles. The molecule has 1 fully saturated rings. The molecule has 1 saturated carbocycles. The van der Waals surface area contributed by atoms with E-state index in [1.54, 1.807) is 0 Å². The number of allylic oxidation sites excluding steroid dienone is 1. The van der Waals surface area contributed by atoms with Gasteiger partial charge in [0, 0.05) is 0 Å². The summed E-state index contributed by atoms with van der Waals surface area (Å²) in [5.41, 5.74) is 1.33. The quantitative estimate of drug-likeness (QED) is 0.432. The summed E-state index contributed by atoms with van der Waals surface area (Å²) in [4.78, 5) is 25.8. The smallest absolute Gasteiger partial charge is 0.324 e. The van der Waals surface area contributed by atoms with E-state index in [-0.39, 0.29) is 25.6 Å². The lowest BCUT2D eigenvalue weighted by atomic mass is 9.85. The standard InChI is InChI=1S/C23H24O4/c1-17-13-23(14-18(17)2,21(24)26-15-19-9-5-3-6-10-19)22(25)27-16-20-11-7-4-8-12-20/h3-12,18H,1,13-16H2,2H3. The Kier molecular flexibility index (Phi) is 5.75. The highest BCUT2D eigenvalue weighted by atomic mass is 16.6. The number of hydrogen-bond acceptors (Lipinski definition) is 4. The number of hydrogen-bond donors (Lipinski definition) is 0. The average molecular weight is 364 g/mol. The van der Waals surface area contributed by atoms with Crippen LogP contribution in [-0.4, -0.2) is 11.9 Å². The van der Waals surface area contributed by atoms with Crippen molar-refractivity contribution in [3.8, 4) is 0 Å². The van der Waals surface area contributed by atoms with Crippen molar-refractivity contribution in [1.82, 2.24) is 0 Å². The first-order valence-corrected chi connectivity index (χ1v) is 9.11. The van der Waals surface area contributed by atoms with Gasteiger partial charge in [-0.25, -0.2) is 0 Å². The average Bonchev–Trinajstić information content (AvgIpc) is 3.01. The molecule has 1 aliphatic rings. The first-order chi connectivity index (χ1) is 13.0. The van der Waals surface area contributed by atoms with E-state index in [0.717, 1.165) is 16.7 Å². The Labute approximate surface area is 159 Å². The second-order valence-corrected chi connectivity index (χ2v) is 7.15. The molecule has 0 aromatic heterocycles. The van der Waals surface area contributed by atoms with Crippen LogP contribution in [0.4, 0.5) is 0 Å². The fourth-order valence-corrected chi connectivity index (χ4v) is 3.42. The van der Waals surface area contributed by atoms with Crippen molar-refractivity contribution in [3.05, 3.63) is 83.9 Å². The minimum absolute atomic E-state index is 0.0681. The molecular formula is C23H24O4. The van der Waals surface area contributed by atoms with Crippen molar-refractivity contribution in [2.24, 2.45) is 11.3 Å². The minimum atomic E-state index is -1.31. The highest BCUT2D eigenvalue weighted by Crippen LogP contribution is 2.46. The molecule has 0 N–H and O–H groups in total. The van der Waals surface area contributed by atoms with Gasteiger partial charge < -0.3 is 9.47 Å². The molecule has 0 saturated heterocycles. The number of benzene rings is 2. The maximum Gasteiger partial charge on any atom is 0.324 e. The molecule has 1 aliphatic carbocycles. The molecular weight excluding hydrogens is 340 g/mol.